The standard InChI is InChI=1S/C13H11F3O3/c1-3-18-12(17)11-7(2)9-5-4-8(13(14,15)16)6-10(9)19-11/h4-6H,3H2,1-2H3. The number of hydrogen-bond donors (Lipinski definition) is 0. The maximum atomic E-state index is 12.6. The Morgan fingerprint density at radius 1 is 1.37 bits per heavy atom. The number of aryl methyl sites for hydroxylation is 1. The van der Waals surface area contributed by atoms with E-state index in [0.29, 0.717) is 10.9 Å². The zero-order valence-corrected chi connectivity index (χ0v) is 10.3. The average molecular weight is 272 g/mol. The van der Waals surface area contributed by atoms with Gasteiger partial charge in [-0.25, -0.2) is 4.79 Å². The van der Waals surface area contributed by atoms with Crippen LogP contribution in [0.25, 0.3) is 11.0 Å². The van der Waals surface area contributed by atoms with E-state index in [2.05, 4.69) is 0 Å². The van der Waals surface area contributed by atoms with Crippen LogP contribution in [0.2, 0.25) is 0 Å². The van der Waals surface area contributed by atoms with Crippen LogP contribution in [0.4, 0.5) is 13.2 Å². The van der Waals surface area contributed by atoms with Crippen LogP contribution in [0.3, 0.4) is 0 Å². The Hall–Kier alpha value is -1.98. The molecule has 0 radical (unpaired) electrons. The van der Waals surface area contributed by atoms with Crippen molar-refractivity contribution in [2.24, 2.45) is 0 Å². The summed E-state index contributed by atoms with van der Waals surface area (Å²) in [7, 11) is 0. The minimum absolute atomic E-state index is 0.0235. The van der Waals surface area contributed by atoms with Crippen molar-refractivity contribution in [2.75, 3.05) is 6.61 Å². The van der Waals surface area contributed by atoms with E-state index in [-0.39, 0.29) is 18.0 Å². The minimum Gasteiger partial charge on any atom is -0.460 e. The van der Waals surface area contributed by atoms with Gasteiger partial charge in [0.05, 0.1) is 12.2 Å². The van der Waals surface area contributed by atoms with Crippen LogP contribution < -0.4 is 0 Å². The lowest BCUT2D eigenvalue weighted by Gasteiger charge is -2.05. The molecular weight excluding hydrogens is 261 g/mol. The minimum atomic E-state index is -4.45. The molecule has 1 heterocycles. The molecule has 0 saturated carbocycles. The maximum Gasteiger partial charge on any atom is 0.416 e. The second-order valence-electron chi connectivity index (χ2n) is 3.99. The zero-order chi connectivity index (χ0) is 14.2. The van der Waals surface area contributed by atoms with Crippen LogP contribution in [-0.4, -0.2) is 12.6 Å². The van der Waals surface area contributed by atoms with E-state index in [9.17, 15) is 18.0 Å². The third-order valence-electron chi connectivity index (χ3n) is 2.73. The van der Waals surface area contributed by atoms with Gasteiger partial charge in [-0.2, -0.15) is 13.2 Å². The number of carbonyl (C=O) groups excluding carboxylic acids is 1. The van der Waals surface area contributed by atoms with Crippen LogP contribution in [0.15, 0.2) is 22.6 Å². The van der Waals surface area contributed by atoms with Gasteiger partial charge >= 0.3 is 12.1 Å². The number of furan rings is 1. The van der Waals surface area contributed by atoms with Gasteiger partial charge in [0.2, 0.25) is 5.76 Å². The maximum absolute atomic E-state index is 12.6. The van der Waals surface area contributed by atoms with Crippen molar-refractivity contribution in [1.82, 2.24) is 0 Å². The van der Waals surface area contributed by atoms with Gasteiger partial charge in [0.25, 0.3) is 0 Å². The van der Waals surface area contributed by atoms with Crippen molar-refractivity contribution >= 4 is 16.9 Å². The Kier molecular flexibility index (Phi) is 3.26. The first-order valence-corrected chi connectivity index (χ1v) is 5.62. The molecule has 0 fully saturated rings. The number of carbonyl (C=O) groups is 1. The summed E-state index contributed by atoms with van der Waals surface area (Å²) in [5.41, 5.74) is -0.318. The predicted molar refractivity (Wildman–Crippen MR) is 61.9 cm³/mol. The number of fused-ring (bicyclic) bond motifs is 1. The van der Waals surface area contributed by atoms with Crippen molar-refractivity contribution in [3.8, 4) is 0 Å². The van der Waals surface area contributed by atoms with Gasteiger partial charge in [0.15, 0.2) is 0 Å². The Bertz CT molecular complexity index is 626. The molecule has 0 unspecified atom stereocenters. The molecule has 2 rings (SSSR count). The number of ether oxygens (including phenoxy) is 1. The lowest BCUT2D eigenvalue weighted by Crippen LogP contribution is -2.04. The second kappa shape index (κ2) is 4.60. The molecule has 0 spiro atoms. The summed E-state index contributed by atoms with van der Waals surface area (Å²) in [5, 5.41) is 0.469. The topological polar surface area (TPSA) is 39.4 Å². The highest BCUT2D eigenvalue weighted by Gasteiger charge is 2.31. The van der Waals surface area contributed by atoms with Crippen molar-refractivity contribution < 1.29 is 27.1 Å². The number of esters is 1. The van der Waals surface area contributed by atoms with E-state index in [4.69, 9.17) is 9.15 Å². The SMILES string of the molecule is CCOC(=O)c1oc2cc(C(F)(F)F)ccc2c1C. The summed E-state index contributed by atoms with van der Waals surface area (Å²) in [4.78, 5) is 11.6. The van der Waals surface area contributed by atoms with Crippen molar-refractivity contribution in [3.05, 3.63) is 35.1 Å². The summed E-state index contributed by atoms with van der Waals surface area (Å²) in [6.07, 6.45) is -4.45. The quantitative estimate of drug-likeness (QED) is 0.777. The number of hydrogen-bond acceptors (Lipinski definition) is 3. The third kappa shape index (κ3) is 2.43. The molecule has 6 heteroatoms. The number of rotatable bonds is 2. The molecule has 1 aromatic carbocycles. The zero-order valence-electron chi connectivity index (χ0n) is 10.3. The van der Waals surface area contributed by atoms with Gasteiger partial charge in [-0.15, -0.1) is 0 Å². The Morgan fingerprint density at radius 2 is 2.05 bits per heavy atom. The van der Waals surface area contributed by atoms with Gasteiger partial charge in [-0.05, 0) is 26.0 Å². The molecule has 0 bridgehead atoms. The molecule has 0 aliphatic carbocycles. The first-order chi connectivity index (χ1) is 8.84. The Morgan fingerprint density at radius 3 is 2.63 bits per heavy atom. The van der Waals surface area contributed by atoms with E-state index < -0.39 is 17.7 Å². The number of alkyl halides is 3. The van der Waals surface area contributed by atoms with E-state index in [1.54, 1.807) is 13.8 Å². The van der Waals surface area contributed by atoms with Gasteiger partial charge in [0.1, 0.15) is 5.58 Å². The normalized spacial score (nSPS) is 11.8. The molecule has 0 atom stereocenters. The molecule has 102 valence electrons. The highest BCUT2D eigenvalue weighted by atomic mass is 19.4. The fraction of sp³-hybridized carbons (Fsp3) is 0.308. The summed E-state index contributed by atoms with van der Waals surface area (Å²) < 4.78 is 47.7. The monoisotopic (exact) mass is 272 g/mol. The molecular formula is C13H11F3O3. The van der Waals surface area contributed by atoms with Crippen LogP contribution in [-0.2, 0) is 10.9 Å². The van der Waals surface area contributed by atoms with Crippen LogP contribution >= 0.6 is 0 Å². The van der Waals surface area contributed by atoms with Crippen LogP contribution in [0.1, 0.15) is 28.6 Å². The van der Waals surface area contributed by atoms with Crippen molar-refractivity contribution in [3.63, 3.8) is 0 Å². The summed E-state index contributed by atoms with van der Waals surface area (Å²) >= 11 is 0. The number of benzene rings is 1. The molecule has 0 saturated heterocycles. The average Bonchev–Trinajstić information content (AvgIpc) is 2.66. The van der Waals surface area contributed by atoms with Crippen LogP contribution in [0, 0.1) is 6.92 Å². The lowest BCUT2D eigenvalue weighted by atomic mass is 10.1. The van der Waals surface area contributed by atoms with Gasteiger partial charge in [-0.3, -0.25) is 0 Å². The molecule has 2 aromatic rings. The van der Waals surface area contributed by atoms with E-state index in [1.165, 1.54) is 6.07 Å². The molecule has 1 aromatic heterocycles. The molecule has 0 N–H and O–H groups in total. The smallest absolute Gasteiger partial charge is 0.416 e. The Balaban J connectivity index is 2.54. The van der Waals surface area contributed by atoms with Gasteiger partial charge in [0, 0.05) is 10.9 Å². The number of halogens is 3. The predicted octanol–water partition coefficient (Wildman–Crippen LogP) is 3.94. The first kappa shape index (κ1) is 13.5. The van der Waals surface area contributed by atoms with Crippen LogP contribution in [0.5, 0.6) is 0 Å². The third-order valence-corrected chi connectivity index (χ3v) is 2.73. The summed E-state index contributed by atoms with van der Waals surface area (Å²) in [6, 6.07) is 3.13. The first-order valence-electron chi connectivity index (χ1n) is 5.62. The molecule has 0 aliphatic heterocycles. The van der Waals surface area contributed by atoms with Gasteiger partial charge < -0.3 is 9.15 Å². The molecule has 0 aliphatic rings. The Labute approximate surface area is 107 Å². The lowest BCUT2D eigenvalue weighted by molar-refractivity contribution is -0.137. The summed E-state index contributed by atoms with van der Waals surface area (Å²) in [5.74, 6) is -0.735. The highest BCUT2D eigenvalue weighted by Crippen LogP contribution is 2.34. The highest BCUT2D eigenvalue weighted by molar-refractivity contribution is 5.96. The van der Waals surface area contributed by atoms with Crippen molar-refractivity contribution in [2.45, 2.75) is 20.0 Å². The molecule has 3 nitrogen and oxygen atoms in total. The summed E-state index contributed by atoms with van der Waals surface area (Å²) in [6.45, 7) is 3.41. The van der Waals surface area contributed by atoms with E-state index in [1.807, 2.05) is 0 Å². The fourth-order valence-electron chi connectivity index (χ4n) is 1.79. The van der Waals surface area contributed by atoms with E-state index >= 15 is 0 Å². The van der Waals surface area contributed by atoms with E-state index in [0.717, 1.165) is 12.1 Å². The van der Waals surface area contributed by atoms with Crippen molar-refractivity contribution in [1.29, 1.82) is 0 Å². The fourth-order valence-corrected chi connectivity index (χ4v) is 1.79. The molecule has 0 amide bonds. The van der Waals surface area contributed by atoms with Gasteiger partial charge in [-0.1, -0.05) is 6.07 Å². The largest absolute Gasteiger partial charge is 0.460 e. The second-order valence-corrected chi connectivity index (χ2v) is 3.99. The molecule has 19 heavy (non-hydrogen) atoms.